The van der Waals surface area contributed by atoms with Crippen LogP contribution in [-0.2, 0) is 6.54 Å². The maximum absolute atomic E-state index is 6.03. The second-order valence-corrected chi connectivity index (χ2v) is 6.09. The van der Waals surface area contributed by atoms with Gasteiger partial charge in [-0.15, -0.1) is 0 Å². The third-order valence-electron chi connectivity index (χ3n) is 2.98. The van der Waals surface area contributed by atoms with E-state index in [9.17, 15) is 0 Å². The highest BCUT2D eigenvalue weighted by Crippen LogP contribution is 2.27. The zero-order valence-corrected chi connectivity index (χ0v) is 14.1. The summed E-state index contributed by atoms with van der Waals surface area (Å²) in [7, 11) is 0. The zero-order chi connectivity index (χ0) is 14.4. The Morgan fingerprint density at radius 3 is 2.75 bits per heavy atom. The Hall–Kier alpha value is -1.07. The maximum atomic E-state index is 6.03. The Morgan fingerprint density at radius 2 is 2.00 bits per heavy atom. The summed E-state index contributed by atoms with van der Waals surface area (Å²) in [6.45, 7) is 6.15. The van der Waals surface area contributed by atoms with Gasteiger partial charge >= 0.3 is 0 Å². The lowest BCUT2D eigenvalue weighted by molar-refractivity contribution is 0.472. The second kappa shape index (κ2) is 7.64. The van der Waals surface area contributed by atoms with Crippen LogP contribution < -0.4 is 10.1 Å². The molecule has 0 aromatic heterocycles. The van der Waals surface area contributed by atoms with E-state index in [2.05, 4.69) is 66.0 Å². The van der Waals surface area contributed by atoms with Gasteiger partial charge in [-0.2, -0.15) is 0 Å². The van der Waals surface area contributed by atoms with Crippen LogP contribution in [0.25, 0.3) is 0 Å². The number of hydrogen-bond acceptors (Lipinski definition) is 2. The highest BCUT2D eigenvalue weighted by atomic mass is 127. The standard InChI is InChI=1S/C17H20INO/c1-3-9-19-12-14-10-13(2)7-8-17(14)20-16-6-4-5-15(18)11-16/h4-8,10-11,19H,3,9,12H2,1-2H3. The molecule has 0 aliphatic heterocycles. The SMILES string of the molecule is CCCNCc1cc(C)ccc1Oc1cccc(I)c1. The first-order chi connectivity index (χ1) is 9.69. The van der Waals surface area contributed by atoms with Crippen LogP contribution in [0.4, 0.5) is 0 Å². The van der Waals surface area contributed by atoms with Crippen molar-refractivity contribution in [3.8, 4) is 11.5 Å². The Balaban J connectivity index is 2.17. The molecule has 2 aromatic carbocycles. The molecule has 2 nitrogen and oxygen atoms in total. The third kappa shape index (κ3) is 4.49. The number of halogens is 1. The molecule has 0 aliphatic carbocycles. The first-order valence-corrected chi connectivity index (χ1v) is 8.00. The molecule has 1 N–H and O–H groups in total. The van der Waals surface area contributed by atoms with E-state index in [4.69, 9.17) is 4.74 Å². The molecule has 0 saturated heterocycles. The van der Waals surface area contributed by atoms with Crippen LogP contribution in [0.2, 0.25) is 0 Å². The van der Waals surface area contributed by atoms with Crippen LogP contribution in [0, 0.1) is 10.5 Å². The number of rotatable bonds is 6. The molecule has 3 heteroatoms. The monoisotopic (exact) mass is 381 g/mol. The van der Waals surface area contributed by atoms with Gasteiger partial charge in [-0.1, -0.05) is 30.7 Å². The number of ether oxygens (including phenoxy) is 1. The van der Waals surface area contributed by atoms with Crippen molar-refractivity contribution in [2.24, 2.45) is 0 Å². The van der Waals surface area contributed by atoms with Crippen molar-refractivity contribution in [1.82, 2.24) is 5.32 Å². The Bertz CT molecular complexity index is 569. The van der Waals surface area contributed by atoms with Crippen LogP contribution in [0.15, 0.2) is 42.5 Å². The summed E-state index contributed by atoms with van der Waals surface area (Å²) in [6.07, 6.45) is 1.14. The van der Waals surface area contributed by atoms with E-state index in [0.717, 1.165) is 31.0 Å². The molecule has 0 unspecified atom stereocenters. The predicted molar refractivity (Wildman–Crippen MR) is 92.4 cm³/mol. The maximum Gasteiger partial charge on any atom is 0.131 e. The van der Waals surface area contributed by atoms with Crippen molar-refractivity contribution in [3.05, 3.63) is 57.2 Å². The van der Waals surface area contributed by atoms with Crippen molar-refractivity contribution >= 4 is 22.6 Å². The first-order valence-electron chi connectivity index (χ1n) is 6.92. The fourth-order valence-corrected chi connectivity index (χ4v) is 2.52. The van der Waals surface area contributed by atoms with Gasteiger partial charge in [0.05, 0.1) is 0 Å². The molecule has 0 amide bonds. The summed E-state index contributed by atoms with van der Waals surface area (Å²) in [4.78, 5) is 0. The largest absolute Gasteiger partial charge is 0.457 e. The van der Waals surface area contributed by atoms with E-state index in [-0.39, 0.29) is 0 Å². The highest BCUT2D eigenvalue weighted by molar-refractivity contribution is 14.1. The molecule has 0 fully saturated rings. The minimum absolute atomic E-state index is 0.842. The van der Waals surface area contributed by atoms with Gasteiger partial charge in [-0.05, 0) is 66.7 Å². The van der Waals surface area contributed by atoms with E-state index >= 15 is 0 Å². The molecular weight excluding hydrogens is 361 g/mol. The van der Waals surface area contributed by atoms with Crippen molar-refractivity contribution < 1.29 is 4.74 Å². The summed E-state index contributed by atoms with van der Waals surface area (Å²) in [5, 5.41) is 3.43. The van der Waals surface area contributed by atoms with Gasteiger partial charge in [0.1, 0.15) is 11.5 Å². The normalized spacial score (nSPS) is 10.6. The Morgan fingerprint density at radius 1 is 1.15 bits per heavy atom. The summed E-state index contributed by atoms with van der Waals surface area (Å²) in [5.74, 6) is 1.82. The van der Waals surface area contributed by atoms with Gasteiger partial charge in [-0.25, -0.2) is 0 Å². The molecule has 0 aliphatic rings. The average molecular weight is 381 g/mol. The third-order valence-corrected chi connectivity index (χ3v) is 3.65. The van der Waals surface area contributed by atoms with Crippen molar-refractivity contribution in [3.63, 3.8) is 0 Å². The molecule has 0 spiro atoms. The van der Waals surface area contributed by atoms with Gasteiger partial charge in [0, 0.05) is 15.7 Å². The van der Waals surface area contributed by atoms with Crippen LogP contribution in [0.5, 0.6) is 11.5 Å². The van der Waals surface area contributed by atoms with Crippen LogP contribution in [0.1, 0.15) is 24.5 Å². The van der Waals surface area contributed by atoms with E-state index in [1.54, 1.807) is 0 Å². The fourth-order valence-electron chi connectivity index (χ4n) is 2.00. The molecule has 0 atom stereocenters. The summed E-state index contributed by atoms with van der Waals surface area (Å²) in [6, 6.07) is 14.4. The minimum Gasteiger partial charge on any atom is -0.457 e. The Kier molecular flexibility index (Phi) is 5.86. The lowest BCUT2D eigenvalue weighted by atomic mass is 10.1. The van der Waals surface area contributed by atoms with Gasteiger partial charge < -0.3 is 10.1 Å². The molecule has 0 radical (unpaired) electrons. The van der Waals surface area contributed by atoms with Crippen molar-refractivity contribution in [1.29, 1.82) is 0 Å². The molecule has 2 aromatic rings. The molecule has 0 heterocycles. The molecule has 0 saturated carbocycles. The van der Waals surface area contributed by atoms with Gasteiger partial charge in [-0.3, -0.25) is 0 Å². The quantitative estimate of drug-likeness (QED) is 0.568. The molecular formula is C17H20INO. The zero-order valence-electron chi connectivity index (χ0n) is 11.9. The summed E-state index contributed by atoms with van der Waals surface area (Å²) >= 11 is 2.30. The number of aryl methyl sites for hydroxylation is 1. The van der Waals surface area contributed by atoms with Crippen molar-refractivity contribution in [2.75, 3.05) is 6.54 Å². The number of hydrogen-bond donors (Lipinski definition) is 1. The summed E-state index contributed by atoms with van der Waals surface area (Å²) < 4.78 is 7.21. The minimum atomic E-state index is 0.842. The lowest BCUT2D eigenvalue weighted by Crippen LogP contribution is -2.14. The molecule has 2 rings (SSSR count). The molecule has 106 valence electrons. The highest BCUT2D eigenvalue weighted by Gasteiger charge is 2.05. The second-order valence-electron chi connectivity index (χ2n) is 4.85. The number of benzene rings is 2. The van der Waals surface area contributed by atoms with Crippen LogP contribution >= 0.6 is 22.6 Å². The smallest absolute Gasteiger partial charge is 0.131 e. The lowest BCUT2D eigenvalue weighted by Gasteiger charge is -2.13. The van der Waals surface area contributed by atoms with E-state index < -0.39 is 0 Å². The van der Waals surface area contributed by atoms with Gasteiger partial charge in [0.25, 0.3) is 0 Å². The first kappa shape index (κ1) is 15.3. The van der Waals surface area contributed by atoms with E-state index in [1.165, 1.54) is 14.7 Å². The summed E-state index contributed by atoms with van der Waals surface area (Å²) in [5.41, 5.74) is 2.46. The van der Waals surface area contributed by atoms with Gasteiger partial charge in [0.2, 0.25) is 0 Å². The van der Waals surface area contributed by atoms with E-state index in [1.807, 2.05) is 18.2 Å². The number of nitrogens with one attached hydrogen (secondary N) is 1. The fraction of sp³-hybridized carbons (Fsp3) is 0.294. The van der Waals surface area contributed by atoms with Gasteiger partial charge in [0.15, 0.2) is 0 Å². The topological polar surface area (TPSA) is 21.3 Å². The Labute approximate surface area is 134 Å². The van der Waals surface area contributed by atoms with Crippen molar-refractivity contribution in [2.45, 2.75) is 26.8 Å². The average Bonchev–Trinajstić information content (AvgIpc) is 2.42. The van der Waals surface area contributed by atoms with E-state index in [0.29, 0.717) is 0 Å². The van der Waals surface area contributed by atoms with Crippen LogP contribution in [-0.4, -0.2) is 6.54 Å². The van der Waals surface area contributed by atoms with Crippen LogP contribution in [0.3, 0.4) is 0 Å². The predicted octanol–water partition coefficient (Wildman–Crippen LogP) is 4.89. The molecule has 20 heavy (non-hydrogen) atoms. The molecule has 0 bridgehead atoms.